The average Bonchev–Trinajstić information content (AvgIpc) is 1.97. The van der Waals surface area contributed by atoms with Gasteiger partial charge in [-0.05, 0) is 27.2 Å². The summed E-state index contributed by atoms with van der Waals surface area (Å²) in [7, 11) is -2.82. The van der Waals surface area contributed by atoms with Crippen molar-refractivity contribution in [2.45, 2.75) is 39.7 Å². The topological polar surface area (TPSA) is 43.4 Å². The van der Waals surface area contributed by atoms with E-state index >= 15 is 0 Å². The highest BCUT2D eigenvalue weighted by Crippen LogP contribution is 2.07. The van der Waals surface area contributed by atoms with Crippen LogP contribution in [0.5, 0.6) is 0 Å². The molecule has 0 fully saturated rings. The summed E-state index contributed by atoms with van der Waals surface area (Å²) in [6.07, 6.45) is 0.591. The van der Waals surface area contributed by atoms with Crippen LogP contribution in [0.1, 0.15) is 34.1 Å². The van der Waals surface area contributed by atoms with E-state index in [1.807, 2.05) is 20.8 Å². The van der Waals surface area contributed by atoms with Crippen molar-refractivity contribution < 1.29 is 13.2 Å². The first-order valence-electron chi connectivity index (χ1n) is 4.61. The fourth-order valence-electron chi connectivity index (χ4n) is 0.802. The fraction of sp³-hybridized carbons (Fsp3) is 1.00. The van der Waals surface area contributed by atoms with Gasteiger partial charge in [-0.15, -0.1) is 0 Å². The van der Waals surface area contributed by atoms with Gasteiger partial charge in [0, 0.05) is 12.4 Å². The molecule has 0 aliphatic carbocycles. The van der Waals surface area contributed by atoms with Crippen molar-refractivity contribution >= 4 is 9.84 Å². The maximum absolute atomic E-state index is 11.1. The normalized spacial score (nSPS) is 13.2. The maximum Gasteiger partial charge on any atom is 0.150 e. The van der Waals surface area contributed by atoms with Gasteiger partial charge >= 0.3 is 0 Å². The molecule has 0 heterocycles. The molecule has 0 amide bonds. The summed E-state index contributed by atoms with van der Waals surface area (Å²) < 4.78 is 27.5. The molecule has 3 nitrogen and oxygen atoms in total. The third kappa shape index (κ3) is 8.25. The molecule has 4 heteroatoms. The molecule has 0 aliphatic rings. The van der Waals surface area contributed by atoms with Gasteiger partial charge in [-0.1, -0.05) is 6.92 Å². The van der Waals surface area contributed by atoms with Gasteiger partial charge in [0.2, 0.25) is 0 Å². The Balaban J connectivity index is 3.59. The molecule has 0 spiro atoms. The van der Waals surface area contributed by atoms with Crippen molar-refractivity contribution in [1.82, 2.24) is 0 Å². The monoisotopic (exact) mass is 208 g/mol. The van der Waals surface area contributed by atoms with Crippen LogP contribution in [0.3, 0.4) is 0 Å². The van der Waals surface area contributed by atoms with Gasteiger partial charge in [0.1, 0.15) is 9.84 Å². The third-order valence-electron chi connectivity index (χ3n) is 1.57. The molecule has 0 radical (unpaired) electrons. The zero-order valence-corrected chi connectivity index (χ0v) is 9.78. The summed E-state index contributed by atoms with van der Waals surface area (Å²) in [5.41, 5.74) is -0.171. The van der Waals surface area contributed by atoms with E-state index < -0.39 is 9.84 Å². The molecule has 0 saturated heterocycles. The SMILES string of the molecule is CCS(=O)(=O)CCCOC(C)(C)C. The van der Waals surface area contributed by atoms with Crippen LogP contribution < -0.4 is 0 Å². The molecule has 0 atom stereocenters. The van der Waals surface area contributed by atoms with Crippen LogP contribution in [0.4, 0.5) is 0 Å². The summed E-state index contributed by atoms with van der Waals surface area (Å²) in [5, 5.41) is 0. The summed E-state index contributed by atoms with van der Waals surface area (Å²) in [6, 6.07) is 0. The van der Waals surface area contributed by atoms with Crippen molar-refractivity contribution in [1.29, 1.82) is 0 Å². The second-order valence-electron chi connectivity index (χ2n) is 4.05. The van der Waals surface area contributed by atoms with E-state index in [-0.39, 0.29) is 17.1 Å². The predicted octanol–water partition coefficient (Wildman–Crippen LogP) is 1.63. The van der Waals surface area contributed by atoms with Crippen LogP contribution in [-0.4, -0.2) is 32.1 Å². The molecule has 0 bridgehead atoms. The molecule has 0 N–H and O–H groups in total. The number of hydrogen-bond acceptors (Lipinski definition) is 3. The molecule has 0 aliphatic heterocycles. The Morgan fingerprint density at radius 3 is 2.15 bits per heavy atom. The number of sulfone groups is 1. The molecule has 80 valence electrons. The van der Waals surface area contributed by atoms with Crippen molar-refractivity contribution in [3.05, 3.63) is 0 Å². The minimum absolute atomic E-state index is 0.171. The number of ether oxygens (including phenoxy) is 1. The van der Waals surface area contributed by atoms with Gasteiger partial charge in [0.05, 0.1) is 11.4 Å². The van der Waals surface area contributed by atoms with Gasteiger partial charge in [-0.2, -0.15) is 0 Å². The van der Waals surface area contributed by atoms with Gasteiger partial charge < -0.3 is 4.74 Å². The van der Waals surface area contributed by atoms with Gasteiger partial charge in [-0.3, -0.25) is 0 Å². The van der Waals surface area contributed by atoms with Crippen molar-refractivity contribution in [3.63, 3.8) is 0 Å². The lowest BCUT2D eigenvalue weighted by Gasteiger charge is -2.19. The van der Waals surface area contributed by atoms with E-state index in [9.17, 15) is 8.42 Å². The molecule has 0 rings (SSSR count). The zero-order chi connectivity index (χ0) is 10.5. The number of rotatable bonds is 5. The average molecular weight is 208 g/mol. The van der Waals surface area contributed by atoms with E-state index in [2.05, 4.69) is 0 Å². The lowest BCUT2D eigenvalue weighted by atomic mass is 10.2. The summed E-state index contributed by atoms with van der Waals surface area (Å²) in [5.74, 6) is 0.460. The highest BCUT2D eigenvalue weighted by atomic mass is 32.2. The minimum atomic E-state index is -2.82. The first-order valence-corrected chi connectivity index (χ1v) is 6.43. The first kappa shape index (κ1) is 12.9. The van der Waals surface area contributed by atoms with E-state index in [4.69, 9.17) is 4.74 Å². The van der Waals surface area contributed by atoms with E-state index in [0.29, 0.717) is 13.0 Å². The van der Waals surface area contributed by atoms with Crippen LogP contribution in [0, 0.1) is 0 Å². The highest BCUT2D eigenvalue weighted by Gasteiger charge is 2.11. The van der Waals surface area contributed by atoms with Gasteiger partial charge in [0.15, 0.2) is 0 Å². The van der Waals surface area contributed by atoms with Crippen LogP contribution in [0.25, 0.3) is 0 Å². The summed E-state index contributed by atoms with van der Waals surface area (Å²) >= 11 is 0. The Morgan fingerprint density at radius 1 is 1.23 bits per heavy atom. The summed E-state index contributed by atoms with van der Waals surface area (Å²) in [6.45, 7) is 8.06. The molecular formula is C9H20O3S. The molecule has 0 aromatic carbocycles. The van der Waals surface area contributed by atoms with Crippen molar-refractivity contribution in [2.24, 2.45) is 0 Å². The molecule has 0 unspecified atom stereocenters. The van der Waals surface area contributed by atoms with Crippen LogP contribution in [0.15, 0.2) is 0 Å². The maximum atomic E-state index is 11.1. The second-order valence-corrected chi connectivity index (χ2v) is 6.52. The van der Waals surface area contributed by atoms with Crippen LogP contribution >= 0.6 is 0 Å². The second kappa shape index (κ2) is 4.96. The Kier molecular flexibility index (Phi) is 4.92. The van der Waals surface area contributed by atoms with Crippen molar-refractivity contribution in [3.8, 4) is 0 Å². The zero-order valence-electron chi connectivity index (χ0n) is 8.96. The minimum Gasteiger partial charge on any atom is -0.376 e. The lowest BCUT2D eigenvalue weighted by molar-refractivity contribution is -0.00211. The van der Waals surface area contributed by atoms with E-state index in [1.54, 1.807) is 6.92 Å². The lowest BCUT2D eigenvalue weighted by Crippen LogP contribution is -2.21. The first-order chi connectivity index (χ1) is 5.77. The molecule has 13 heavy (non-hydrogen) atoms. The van der Waals surface area contributed by atoms with Crippen molar-refractivity contribution in [2.75, 3.05) is 18.1 Å². The highest BCUT2D eigenvalue weighted by molar-refractivity contribution is 7.91. The number of hydrogen-bond donors (Lipinski definition) is 0. The largest absolute Gasteiger partial charge is 0.376 e. The molecule has 0 aromatic heterocycles. The Morgan fingerprint density at radius 2 is 1.77 bits per heavy atom. The Labute approximate surface area is 81.4 Å². The standard InChI is InChI=1S/C9H20O3S/c1-5-13(10,11)8-6-7-12-9(2,3)4/h5-8H2,1-4H3. The van der Waals surface area contributed by atoms with Crippen LogP contribution in [0.2, 0.25) is 0 Å². The summed E-state index contributed by atoms with van der Waals surface area (Å²) in [4.78, 5) is 0. The van der Waals surface area contributed by atoms with Gasteiger partial charge in [0.25, 0.3) is 0 Å². The Hall–Kier alpha value is -0.0900. The smallest absolute Gasteiger partial charge is 0.150 e. The third-order valence-corrected chi connectivity index (χ3v) is 3.36. The molecular weight excluding hydrogens is 188 g/mol. The van der Waals surface area contributed by atoms with E-state index in [1.165, 1.54) is 0 Å². The fourth-order valence-corrected chi connectivity index (χ4v) is 1.65. The molecule has 0 aromatic rings. The van der Waals surface area contributed by atoms with Crippen LogP contribution in [-0.2, 0) is 14.6 Å². The Bertz CT molecular complexity index is 224. The predicted molar refractivity (Wildman–Crippen MR) is 54.6 cm³/mol. The quantitative estimate of drug-likeness (QED) is 0.645. The van der Waals surface area contributed by atoms with Gasteiger partial charge in [-0.25, -0.2) is 8.42 Å². The van der Waals surface area contributed by atoms with E-state index in [0.717, 1.165) is 0 Å². The molecule has 0 saturated carbocycles.